The van der Waals surface area contributed by atoms with Crippen LogP contribution in [-0.2, 0) is 4.74 Å². The van der Waals surface area contributed by atoms with Gasteiger partial charge in [0.25, 0.3) is 0 Å². The van der Waals surface area contributed by atoms with Crippen molar-refractivity contribution in [3.8, 4) is 0 Å². The molecule has 2 rings (SSSR count). The van der Waals surface area contributed by atoms with E-state index in [2.05, 4.69) is 22.6 Å². The van der Waals surface area contributed by atoms with Crippen LogP contribution in [0.3, 0.4) is 0 Å². The summed E-state index contributed by atoms with van der Waals surface area (Å²) < 4.78 is 6.30. The molecule has 2 aromatic heterocycles. The van der Waals surface area contributed by atoms with Gasteiger partial charge in [0.05, 0.1) is 22.5 Å². The SMILES string of the molecule is COC[C@@H](C)Nc1ccnc2ccsc12. The Morgan fingerprint density at radius 2 is 2.40 bits per heavy atom. The van der Waals surface area contributed by atoms with E-state index < -0.39 is 0 Å². The second-order valence-corrected chi connectivity index (χ2v) is 4.41. The van der Waals surface area contributed by atoms with Crippen LogP contribution < -0.4 is 5.32 Å². The third-order valence-corrected chi connectivity index (χ3v) is 3.10. The van der Waals surface area contributed by atoms with Gasteiger partial charge in [0.1, 0.15) is 0 Å². The van der Waals surface area contributed by atoms with Gasteiger partial charge in [0.2, 0.25) is 0 Å². The topological polar surface area (TPSA) is 34.1 Å². The molecule has 0 spiro atoms. The van der Waals surface area contributed by atoms with Crippen molar-refractivity contribution >= 4 is 27.2 Å². The molecule has 1 atom stereocenters. The fourth-order valence-electron chi connectivity index (χ4n) is 1.54. The molecule has 2 heterocycles. The molecule has 1 N–H and O–H groups in total. The van der Waals surface area contributed by atoms with E-state index in [9.17, 15) is 0 Å². The van der Waals surface area contributed by atoms with E-state index in [0.29, 0.717) is 12.6 Å². The van der Waals surface area contributed by atoms with Crippen LogP contribution in [0.25, 0.3) is 10.2 Å². The number of rotatable bonds is 4. The fourth-order valence-corrected chi connectivity index (χ4v) is 2.37. The summed E-state index contributed by atoms with van der Waals surface area (Å²) in [4.78, 5) is 4.29. The van der Waals surface area contributed by atoms with Gasteiger partial charge in [-0.2, -0.15) is 0 Å². The highest BCUT2D eigenvalue weighted by atomic mass is 32.1. The smallest absolute Gasteiger partial charge is 0.0830 e. The number of nitrogens with zero attached hydrogens (tertiary/aromatic N) is 1. The molecule has 0 radical (unpaired) electrons. The van der Waals surface area contributed by atoms with Crippen LogP contribution >= 0.6 is 11.3 Å². The molecule has 15 heavy (non-hydrogen) atoms. The number of fused-ring (bicyclic) bond motifs is 1. The van der Waals surface area contributed by atoms with Gasteiger partial charge in [0, 0.05) is 19.3 Å². The van der Waals surface area contributed by atoms with Crippen LogP contribution in [0.15, 0.2) is 23.7 Å². The summed E-state index contributed by atoms with van der Waals surface area (Å²) in [7, 11) is 1.71. The van der Waals surface area contributed by atoms with E-state index in [-0.39, 0.29) is 0 Å². The largest absolute Gasteiger partial charge is 0.383 e. The minimum Gasteiger partial charge on any atom is -0.383 e. The van der Waals surface area contributed by atoms with Gasteiger partial charge in [-0.05, 0) is 24.4 Å². The van der Waals surface area contributed by atoms with Gasteiger partial charge in [0.15, 0.2) is 0 Å². The molecule has 0 aliphatic heterocycles. The molecular weight excluding hydrogens is 208 g/mol. The molecule has 2 aromatic rings. The zero-order chi connectivity index (χ0) is 10.7. The Hall–Kier alpha value is -1.13. The van der Waals surface area contributed by atoms with E-state index in [1.807, 2.05) is 18.3 Å². The molecule has 0 saturated heterocycles. The van der Waals surface area contributed by atoms with Crippen molar-refractivity contribution in [2.24, 2.45) is 0 Å². The number of pyridine rings is 1. The van der Waals surface area contributed by atoms with Crippen LogP contribution in [0.2, 0.25) is 0 Å². The first kappa shape index (κ1) is 10.4. The monoisotopic (exact) mass is 222 g/mol. The number of ether oxygens (including phenoxy) is 1. The predicted octanol–water partition coefficient (Wildman–Crippen LogP) is 2.74. The minimum atomic E-state index is 0.308. The summed E-state index contributed by atoms with van der Waals surface area (Å²) in [5.41, 5.74) is 2.19. The highest BCUT2D eigenvalue weighted by molar-refractivity contribution is 7.17. The summed E-state index contributed by atoms with van der Waals surface area (Å²) in [6, 6.07) is 4.35. The standard InChI is InChI=1S/C11H14N2OS/c1-8(7-14-2)13-10-3-5-12-9-4-6-15-11(9)10/h3-6,8H,7H2,1-2H3,(H,12,13)/t8-/m1/s1. The molecule has 0 amide bonds. The van der Waals surface area contributed by atoms with Crippen molar-refractivity contribution in [1.29, 1.82) is 0 Å². The summed E-state index contributed by atoms with van der Waals surface area (Å²) in [6.07, 6.45) is 1.83. The molecule has 80 valence electrons. The minimum absolute atomic E-state index is 0.308. The predicted molar refractivity (Wildman–Crippen MR) is 64.6 cm³/mol. The number of methoxy groups -OCH3 is 1. The number of hydrogen-bond donors (Lipinski definition) is 1. The van der Waals surface area contributed by atoms with Crippen molar-refractivity contribution in [2.75, 3.05) is 19.0 Å². The van der Waals surface area contributed by atoms with Gasteiger partial charge in [-0.15, -0.1) is 11.3 Å². The van der Waals surface area contributed by atoms with Crippen molar-refractivity contribution < 1.29 is 4.74 Å². The molecule has 0 aliphatic rings. The van der Waals surface area contributed by atoms with Gasteiger partial charge >= 0.3 is 0 Å². The highest BCUT2D eigenvalue weighted by Crippen LogP contribution is 2.27. The Morgan fingerprint density at radius 1 is 1.53 bits per heavy atom. The highest BCUT2D eigenvalue weighted by Gasteiger charge is 2.06. The molecular formula is C11H14N2OS. The first-order valence-electron chi connectivity index (χ1n) is 4.89. The molecule has 0 aromatic carbocycles. The Morgan fingerprint density at radius 3 is 3.20 bits per heavy atom. The van der Waals surface area contributed by atoms with E-state index in [1.165, 1.54) is 4.70 Å². The molecule has 0 aliphatic carbocycles. The number of nitrogens with one attached hydrogen (secondary N) is 1. The molecule has 3 nitrogen and oxygen atoms in total. The molecule has 0 saturated carbocycles. The Labute approximate surface area is 93.1 Å². The zero-order valence-corrected chi connectivity index (χ0v) is 9.67. The van der Waals surface area contributed by atoms with Crippen molar-refractivity contribution in [3.05, 3.63) is 23.7 Å². The Bertz CT molecular complexity index is 441. The maximum absolute atomic E-state index is 5.09. The summed E-state index contributed by atoms with van der Waals surface area (Å²) in [6.45, 7) is 2.80. The Kier molecular flexibility index (Phi) is 3.18. The van der Waals surface area contributed by atoms with Gasteiger partial charge < -0.3 is 10.1 Å². The fraction of sp³-hybridized carbons (Fsp3) is 0.364. The quantitative estimate of drug-likeness (QED) is 0.863. The second kappa shape index (κ2) is 4.59. The van der Waals surface area contributed by atoms with Crippen molar-refractivity contribution in [2.45, 2.75) is 13.0 Å². The molecule has 0 unspecified atom stereocenters. The van der Waals surface area contributed by atoms with Crippen molar-refractivity contribution in [1.82, 2.24) is 4.98 Å². The molecule has 0 bridgehead atoms. The van der Waals surface area contributed by atoms with E-state index in [0.717, 1.165) is 11.2 Å². The summed E-state index contributed by atoms with van der Waals surface area (Å²) >= 11 is 1.71. The van der Waals surface area contributed by atoms with E-state index >= 15 is 0 Å². The first-order chi connectivity index (χ1) is 7.31. The first-order valence-corrected chi connectivity index (χ1v) is 5.77. The van der Waals surface area contributed by atoms with E-state index in [4.69, 9.17) is 4.74 Å². The van der Waals surface area contributed by atoms with Crippen LogP contribution in [0.5, 0.6) is 0 Å². The number of aromatic nitrogens is 1. The third kappa shape index (κ3) is 2.27. The number of hydrogen-bond acceptors (Lipinski definition) is 4. The molecule has 0 fully saturated rings. The Balaban J connectivity index is 2.23. The lowest BCUT2D eigenvalue weighted by Crippen LogP contribution is -2.20. The molecule has 4 heteroatoms. The number of thiophene rings is 1. The average molecular weight is 222 g/mol. The summed E-state index contributed by atoms with van der Waals surface area (Å²) in [5, 5.41) is 5.48. The number of anilines is 1. The lowest BCUT2D eigenvalue weighted by atomic mass is 10.3. The maximum atomic E-state index is 5.09. The van der Waals surface area contributed by atoms with Gasteiger partial charge in [-0.1, -0.05) is 0 Å². The average Bonchev–Trinajstić information content (AvgIpc) is 2.67. The van der Waals surface area contributed by atoms with Crippen LogP contribution in [0.4, 0.5) is 5.69 Å². The third-order valence-electron chi connectivity index (χ3n) is 2.16. The second-order valence-electron chi connectivity index (χ2n) is 3.49. The lowest BCUT2D eigenvalue weighted by molar-refractivity contribution is 0.190. The lowest BCUT2D eigenvalue weighted by Gasteiger charge is -2.14. The van der Waals surface area contributed by atoms with Crippen molar-refractivity contribution in [3.63, 3.8) is 0 Å². The van der Waals surface area contributed by atoms with Crippen LogP contribution in [0, 0.1) is 0 Å². The maximum Gasteiger partial charge on any atom is 0.0830 e. The van der Waals surface area contributed by atoms with Gasteiger partial charge in [-0.25, -0.2) is 0 Å². The summed E-state index contributed by atoms with van der Waals surface area (Å²) in [5.74, 6) is 0. The zero-order valence-electron chi connectivity index (χ0n) is 8.86. The van der Waals surface area contributed by atoms with E-state index in [1.54, 1.807) is 18.4 Å². The normalized spacial score (nSPS) is 12.9. The van der Waals surface area contributed by atoms with Crippen LogP contribution in [-0.4, -0.2) is 24.7 Å². The van der Waals surface area contributed by atoms with Crippen LogP contribution in [0.1, 0.15) is 6.92 Å². The van der Waals surface area contributed by atoms with Gasteiger partial charge in [-0.3, -0.25) is 4.98 Å².